The second-order valence-electron chi connectivity index (χ2n) is 10.3. The van der Waals surface area contributed by atoms with Gasteiger partial charge in [0.15, 0.2) is 0 Å². The van der Waals surface area contributed by atoms with E-state index in [0.717, 1.165) is 0 Å². The van der Waals surface area contributed by atoms with Gasteiger partial charge in [-0.1, -0.05) is 0 Å². The number of aromatic hydroxyl groups is 2. The van der Waals surface area contributed by atoms with Gasteiger partial charge in [0.1, 0.15) is 48.4 Å². The Bertz CT molecular complexity index is 1130. The van der Waals surface area contributed by atoms with Crippen molar-refractivity contribution >= 4 is 24.0 Å². The predicted octanol–water partition coefficient (Wildman–Crippen LogP) is 0.101. The molecule has 0 aliphatic rings. The summed E-state index contributed by atoms with van der Waals surface area (Å²) in [4.78, 5) is 51.8. The molecule has 16 nitrogen and oxygen atoms in total. The Morgan fingerprint density at radius 1 is 0.609 bits per heavy atom. The van der Waals surface area contributed by atoms with Crippen LogP contribution in [0.25, 0.3) is 0 Å². The number of carbonyl (C=O) groups excluding carboxylic acids is 4. The standard InChI is InChI=1S/C30H44N6O10/c1-35(2)29(41)33-15-13-31-17-25(19-43-23-9-5-21(37)6-10-23)45-27(39)28(40)46-26(18-32-14-16-34-30(42)36(3)4)20-44-24-11-7-22(38)8-12-24/h5-12,25-26,31-32,37-38H,13-20H2,1-4H3,(H,33,41)(H,34,42). The smallest absolute Gasteiger partial charge is 0.417 e. The Kier molecular flexibility index (Phi) is 16.3. The summed E-state index contributed by atoms with van der Waals surface area (Å²) in [6.45, 7) is 1.19. The van der Waals surface area contributed by atoms with Crippen LogP contribution in [0.3, 0.4) is 0 Å². The number of nitrogens with zero attached hydrogens (tertiary/aromatic N) is 2. The number of esters is 2. The first-order chi connectivity index (χ1) is 21.9. The van der Waals surface area contributed by atoms with E-state index < -0.39 is 24.1 Å². The first kappa shape index (κ1) is 37.2. The fraction of sp³-hybridized carbons (Fsp3) is 0.467. The molecule has 0 bridgehead atoms. The molecule has 0 radical (unpaired) electrons. The van der Waals surface area contributed by atoms with Gasteiger partial charge in [-0.25, -0.2) is 19.2 Å². The SMILES string of the molecule is CN(C)C(=O)NCCNCC(COc1ccc(O)cc1)OC(=O)C(=O)OC(CNCCNC(=O)N(C)C)COc1ccc(O)cc1. The van der Waals surface area contributed by atoms with Gasteiger partial charge >= 0.3 is 24.0 Å². The summed E-state index contributed by atoms with van der Waals surface area (Å²) in [5, 5.41) is 30.5. The van der Waals surface area contributed by atoms with Crippen LogP contribution in [-0.2, 0) is 19.1 Å². The van der Waals surface area contributed by atoms with Gasteiger partial charge in [0.05, 0.1) is 0 Å². The molecular weight excluding hydrogens is 604 g/mol. The number of urea groups is 2. The first-order valence-corrected chi connectivity index (χ1v) is 14.5. The number of nitrogens with one attached hydrogen (secondary N) is 4. The van der Waals surface area contributed by atoms with Gasteiger partial charge < -0.3 is 60.2 Å². The molecule has 2 rings (SSSR count). The van der Waals surface area contributed by atoms with Crippen molar-refractivity contribution in [3.63, 3.8) is 0 Å². The molecule has 2 aromatic carbocycles. The molecule has 2 atom stereocenters. The molecule has 254 valence electrons. The van der Waals surface area contributed by atoms with Crippen LogP contribution in [0.2, 0.25) is 0 Å². The molecule has 0 heterocycles. The lowest BCUT2D eigenvalue weighted by molar-refractivity contribution is -0.175. The minimum absolute atomic E-state index is 0.0521. The van der Waals surface area contributed by atoms with Crippen LogP contribution in [0.15, 0.2) is 48.5 Å². The van der Waals surface area contributed by atoms with E-state index in [4.69, 9.17) is 18.9 Å². The molecule has 2 unspecified atom stereocenters. The first-order valence-electron chi connectivity index (χ1n) is 14.5. The molecule has 0 saturated carbocycles. The Balaban J connectivity index is 1.98. The Hall–Kier alpha value is -4.96. The Morgan fingerprint density at radius 3 is 1.28 bits per heavy atom. The van der Waals surface area contributed by atoms with Crippen LogP contribution in [0.5, 0.6) is 23.0 Å². The van der Waals surface area contributed by atoms with Crippen LogP contribution < -0.4 is 30.7 Å². The summed E-state index contributed by atoms with van der Waals surface area (Å²) in [6.07, 6.45) is -1.85. The van der Waals surface area contributed by atoms with E-state index in [1.54, 1.807) is 28.2 Å². The van der Waals surface area contributed by atoms with Crippen molar-refractivity contribution in [2.45, 2.75) is 12.2 Å². The Labute approximate surface area is 267 Å². The minimum atomic E-state index is -1.25. The van der Waals surface area contributed by atoms with E-state index in [2.05, 4.69) is 21.3 Å². The minimum Gasteiger partial charge on any atom is -0.508 e. The van der Waals surface area contributed by atoms with Crippen molar-refractivity contribution in [1.29, 1.82) is 0 Å². The van der Waals surface area contributed by atoms with Crippen molar-refractivity contribution < 1.29 is 48.3 Å². The number of benzene rings is 2. The predicted molar refractivity (Wildman–Crippen MR) is 167 cm³/mol. The van der Waals surface area contributed by atoms with Crippen molar-refractivity contribution in [2.75, 3.05) is 80.7 Å². The topological polar surface area (TPSA) is 200 Å². The molecular formula is C30H44N6O10. The number of hydrogen-bond acceptors (Lipinski definition) is 12. The van der Waals surface area contributed by atoms with Crippen LogP contribution in [0, 0.1) is 0 Å². The van der Waals surface area contributed by atoms with E-state index in [1.807, 2.05) is 0 Å². The monoisotopic (exact) mass is 648 g/mol. The lowest BCUT2D eigenvalue weighted by Gasteiger charge is -2.21. The highest BCUT2D eigenvalue weighted by Crippen LogP contribution is 2.17. The van der Waals surface area contributed by atoms with Gasteiger partial charge in [-0.15, -0.1) is 0 Å². The summed E-state index contributed by atoms with van der Waals surface area (Å²) in [5.74, 6) is -1.60. The van der Waals surface area contributed by atoms with Crippen LogP contribution >= 0.6 is 0 Å². The van der Waals surface area contributed by atoms with Crippen molar-refractivity contribution in [2.24, 2.45) is 0 Å². The zero-order chi connectivity index (χ0) is 33.9. The molecule has 46 heavy (non-hydrogen) atoms. The average molecular weight is 649 g/mol. The number of carbonyl (C=O) groups is 4. The second-order valence-corrected chi connectivity index (χ2v) is 10.3. The highest BCUT2D eigenvalue weighted by Gasteiger charge is 2.26. The number of rotatable bonds is 18. The van der Waals surface area contributed by atoms with Gasteiger partial charge in [-0.3, -0.25) is 0 Å². The van der Waals surface area contributed by atoms with E-state index in [-0.39, 0.29) is 49.9 Å². The van der Waals surface area contributed by atoms with Gasteiger partial charge in [0, 0.05) is 67.5 Å². The second kappa shape index (κ2) is 20.1. The zero-order valence-corrected chi connectivity index (χ0v) is 26.5. The molecule has 0 saturated heterocycles. The summed E-state index contributed by atoms with van der Waals surface area (Å²) in [7, 11) is 6.46. The normalized spacial score (nSPS) is 11.8. The number of phenolic OH excluding ortho intramolecular Hbond substituents is 2. The van der Waals surface area contributed by atoms with Crippen LogP contribution in [0.4, 0.5) is 9.59 Å². The van der Waals surface area contributed by atoms with Gasteiger partial charge in [-0.2, -0.15) is 0 Å². The molecule has 4 amide bonds. The summed E-state index contributed by atoms with van der Waals surface area (Å²) >= 11 is 0. The summed E-state index contributed by atoms with van der Waals surface area (Å²) in [5.41, 5.74) is 0. The van der Waals surface area contributed by atoms with Crippen molar-refractivity contribution in [3.05, 3.63) is 48.5 Å². The van der Waals surface area contributed by atoms with Gasteiger partial charge in [-0.05, 0) is 48.5 Å². The largest absolute Gasteiger partial charge is 0.508 e. The van der Waals surface area contributed by atoms with E-state index in [0.29, 0.717) is 37.7 Å². The third-order valence-corrected chi connectivity index (χ3v) is 5.97. The van der Waals surface area contributed by atoms with E-state index >= 15 is 0 Å². The fourth-order valence-electron chi connectivity index (χ4n) is 3.49. The molecule has 0 fully saturated rings. The van der Waals surface area contributed by atoms with Crippen molar-refractivity contribution in [1.82, 2.24) is 31.1 Å². The third-order valence-electron chi connectivity index (χ3n) is 5.97. The van der Waals surface area contributed by atoms with Gasteiger partial charge in [0.2, 0.25) is 0 Å². The molecule has 0 spiro atoms. The summed E-state index contributed by atoms with van der Waals surface area (Å²) in [6, 6.07) is 11.3. The lowest BCUT2D eigenvalue weighted by atomic mass is 10.3. The highest BCUT2D eigenvalue weighted by molar-refractivity contribution is 6.29. The molecule has 0 aromatic heterocycles. The van der Waals surface area contributed by atoms with Crippen LogP contribution in [0.1, 0.15) is 0 Å². The quantitative estimate of drug-likeness (QED) is 0.0725. The maximum absolute atomic E-state index is 12.8. The third kappa shape index (κ3) is 15.2. The Morgan fingerprint density at radius 2 is 0.957 bits per heavy atom. The van der Waals surface area contributed by atoms with Gasteiger partial charge in [0.25, 0.3) is 0 Å². The van der Waals surface area contributed by atoms with Crippen LogP contribution in [-0.4, -0.2) is 137 Å². The fourth-order valence-corrected chi connectivity index (χ4v) is 3.49. The maximum atomic E-state index is 12.8. The summed E-state index contributed by atoms with van der Waals surface area (Å²) < 4.78 is 22.2. The molecule has 0 aliphatic carbocycles. The maximum Gasteiger partial charge on any atom is 0.417 e. The highest BCUT2D eigenvalue weighted by atomic mass is 16.6. The lowest BCUT2D eigenvalue weighted by Crippen LogP contribution is -2.43. The average Bonchev–Trinajstić information content (AvgIpc) is 3.02. The molecule has 6 N–H and O–H groups in total. The number of phenols is 2. The van der Waals surface area contributed by atoms with Crippen molar-refractivity contribution in [3.8, 4) is 23.0 Å². The van der Waals surface area contributed by atoms with E-state index in [1.165, 1.54) is 58.3 Å². The molecule has 16 heteroatoms. The van der Waals surface area contributed by atoms with E-state index in [9.17, 15) is 29.4 Å². The molecule has 0 aliphatic heterocycles. The zero-order valence-electron chi connectivity index (χ0n) is 26.5. The molecule has 2 aromatic rings. The number of ether oxygens (including phenoxy) is 4. The number of hydrogen-bond donors (Lipinski definition) is 6. The number of amides is 4.